The third-order valence-electron chi connectivity index (χ3n) is 4.31. The highest BCUT2D eigenvalue weighted by Gasteiger charge is 2.36. The average molecular weight is 365 g/mol. The summed E-state index contributed by atoms with van der Waals surface area (Å²) in [5.41, 5.74) is 0. The van der Waals surface area contributed by atoms with Gasteiger partial charge in [-0.1, -0.05) is 58.3 Å². The Kier molecular flexibility index (Phi) is 17.8. The van der Waals surface area contributed by atoms with Gasteiger partial charge in [-0.2, -0.15) is 0 Å². The first kappa shape index (κ1) is 24.0. The van der Waals surface area contributed by atoms with Gasteiger partial charge in [-0.25, -0.2) is 9.78 Å². The first-order valence-corrected chi connectivity index (χ1v) is 11.6. The molecule has 0 aromatic rings. The molecule has 0 aliphatic rings. The van der Waals surface area contributed by atoms with Crippen LogP contribution in [0.2, 0.25) is 6.04 Å². The normalized spacial score (nSPS) is 12.0. The molecule has 5 nitrogen and oxygen atoms in total. The third kappa shape index (κ3) is 13.3. The van der Waals surface area contributed by atoms with E-state index in [1.807, 2.05) is 0 Å². The van der Waals surface area contributed by atoms with Crippen LogP contribution >= 0.6 is 0 Å². The molecule has 0 unspecified atom stereocenters. The van der Waals surface area contributed by atoms with Crippen LogP contribution in [0.1, 0.15) is 77.6 Å². The Balaban J connectivity index is 3.23. The van der Waals surface area contributed by atoms with Crippen LogP contribution in [0.3, 0.4) is 0 Å². The Bertz CT molecular complexity index is 241. The van der Waals surface area contributed by atoms with E-state index in [0.717, 1.165) is 44.9 Å². The lowest BCUT2D eigenvalue weighted by Crippen LogP contribution is -2.42. The molecule has 0 bridgehead atoms. The van der Waals surface area contributed by atoms with E-state index < -0.39 is 8.80 Å². The van der Waals surface area contributed by atoms with Crippen molar-refractivity contribution in [3.8, 4) is 0 Å². The van der Waals surface area contributed by atoms with E-state index in [2.05, 4.69) is 6.92 Å². The summed E-state index contributed by atoms with van der Waals surface area (Å²) in [5, 5.41) is 0. The van der Waals surface area contributed by atoms with E-state index in [4.69, 9.17) is 23.1 Å². The summed E-state index contributed by atoms with van der Waals surface area (Å²) in [6.07, 6.45) is 13.5. The Morgan fingerprint density at radius 2 is 0.958 bits per heavy atom. The molecule has 24 heavy (non-hydrogen) atoms. The van der Waals surface area contributed by atoms with Crippen LogP contribution < -0.4 is 0 Å². The lowest BCUT2D eigenvalue weighted by Gasteiger charge is -2.24. The zero-order valence-electron chi connectivity index (χ0n) is 16.4. The predicted molar refractivity (Wildman–Crippen MR) is 100.0 cm³/mol. The van der Waals surface area contributed by atoms with Crippen molar-refractivity contribution in [2.45, 2.75) is 83.6 Å². The van der Waals surface area contributed by atoms with Crippen molar-refractivity contribution in [1.29, 1.82) is 0 Å². The van der Waals surface area contributed by atoms with Crippen molar-refractivity contribution in [2.24, 2.45) is 0 Å². The molecular formula is C18H40O5Si. The van der Waals surface area contributed by atoms with Gasteiger partial charge in [-0.05, 0) is 19.3 Å². The van der Waals surface area contributed by atoms with Gasteiger partial charge < -0.3 is 13.3 Å². The summed E-state index contributed by atoms with van der Waals surface area (Å²) in [6, 6.07) is 0.914. The molecule has 0 aromatic heterocycles. The van der Waals surface area contributed by atoms with E-state index in [-0.39, 0.29) is 0 Å². The van der Waals surface area contributed by atoms with Crippen molar-refractivity contribution >= 4 is 8.80 Å². The van der Waals surface area contributed by atoms with Crippen LogP contribution in [0.15, 0.2) is 0 Å². The second-order valence-electron chi connectivity index (χ2n) is 6.22. The summed E-state index contributed by atoms with van der Waals surface area (Å²) < 4.78 is 16.3. The monoisotopic (exact) mass is 364 g/mol. The van der Waals surface area contributed by atoms with Crippen LogP contribution in [0.5, 0.6) is 0 Å². The highest BCUT2D eigenvalue weighted by molar-refractivity contribution is 6.60. The molecule has 0 fully saturated rings. The molecule has 0 amide bonds. The predicted octanol–water partition coefficient (Wildman–Crippen LogP) is 5.12. The molecule has 0 rings (SSSR count). The highest BCUT2D eigenvalue weighted by Crippen LogP contribution is 2.18. The molecule has 0 aromatic carbocycles. The molecule has 0 N–H and O–H groups in total. The van der Waals surface area contributed by atoms with Crippen molar-refractivity contribution in [3.05, 3.63) is 0 Å². The van der Waals surface area contributed by atoms with Crippen LogP contribution in [0.25, 0.3) is 0 Å². The Morgan fingerprint density at radius 1 is 0.542 bits per heavy atom. The van der Waals surface area contributed by atoms with Crippen LogP contribution in [0.4, 0.5) is 0 Å². The van der Waals surface area contributed by atoms with Gasteiger partial charge in [0.2, 0.25) is 0 Å². The lowest BCUT2D eigenvalue weighted by molar-refractivity contribution is -0.295. The Labute approximate surface area is 150 Å². The van der Waals surface area contributed by atoms with Crippen LogP contribution in [-0.2, 0) is 23.1 Å². The second kappa shape index (κ2) is 17.8. The van der Waals surface area contributed by atoms with Gasteiger partial charge in [0.1, 0.15) is 0 Å². The summed E-state index contributed by atoms with van der Waals surface area (Å²) in [6.45, 7) is 3.60. The van der Waals surface area contributed by atoms with Crippen molar-refractivity contribution in [1.82, 2.24) is 0 Å². The zero-order valence-corrected chi connectivity index (χ0v) is 17.4. The standard InChI is InChI=1S/C18H40O5Si/c1-5-6-16-22-23-17-14-12-10-8-7-9-11-13-15-18-24(19-2,20-3)21-4/h5-18H2,1-4H3. The fraction of sp³-hybridized carbons (Fsp3) is 1.00. The van der Waals surface area contributed by atoms with Gasteiger partial charge in [0.25, 0.3) is 0 Å². The second-order valence-corrected chi connectivity index (χ2v) is 9.32. The summed E-state index contributed by atoms with van der Waals surface area (Å²) in [5.74, 6) is 0. The number of hydrogen-bond acceptors (Lipinski definition) is 5. The van der Waals surface area contributed by atoms with Crippen molar-refractivity contribution < 1.29 is 23.1 Å². The van der Waals surface area contributed by atoms with E-state index in [9.17, 15) is 0 Å². The molecule has 6 heteroatoms. The number of unbranched alkanes of at least 4 members (excludes halogenated alkanes) is 9. The van der Waals surface area contributed by atoms with Crippen LogP contribution in [-0.4, -0.2) is 43.3 Å². The smallest absolute Gasteiger partial charge is 0.377 e. The quantitative estimate of drug-likeness (QED) is 0.138. The van der Waals surface area contributed by atoms with Crippen LogP contribution in [0, 0.1) is 0 Å². The minimum absolute atomic E-state index is 0.721. The topological polar surface area (TPSA) is 46.2 Å². The summed E-state index contributed by atoms with van der Waals surface area (Å²) >= 11 is 0. The minimum atomic E-state index is -2.34. The minimum Gasteiger partial charge on any atom is -0.377 e. The number of rotatable bonds is 19. The van der Waals surface area contributed by atoms with E-state index in [1.54, 1.807) is 21.3 Å². The zero-order chi connectivity index (χ0) is 17.9. The van der Waals surface area contributed by atoms with E-state index >= 15 is 0 Å². The molecule has 0 aliphatic heterocycles. The lowest BCUT2D eigenvalue weighted by atomic mass is 10.1. The Hall–Kier alpha value is 0.0169. The highest BCUT2D eigenvalue weighted by atomic mass is 28.4. The third-order valence-corrected chi connectivity index (χ3v) is 7.14. The maximum atomic E-state index is 5.43. The SMILES string of the molecule is CCCCOOCCCCCCCCCCC[Si](OC)(OC)OC. The molecular weight excluding hydrogens is 324 g/mol. The van der Waals surface area contributed by atoms with E-state index in [1.165, 1.54) is 44.9 Å². The molecule has 146 valence electrons. The fourth-order valence-corrected chi connectivity index (χ4v) is 4.41. The first-order chi connectivity index (χ1) is 11.7. The van der Waals surface area contributed by atoms with Gasteiger partial charge in [0.05, 0.1) is 13.2 Å². The van der Waals surface area contributed by atoms with Crippen molar-refractivity contribution in [3.63, 3.8) is 0 Å². The van der Waals surface area contributed by atoms with Gasteiger partial charge in [0.15, 0.2) is 0 Å². The molecule has 0 atom stereocenters. The molecule has 0 saturated carbocycles. The molecule has 0 heterocycles. The van der Waals surface area contributed by atoms with Gasteiger partial charge in [-0.3, -0.25) is 0 Å². The molecule has 0 radical (unpaired) electrons. The summed E-state index contributed by atoms with van der Waals surface area (Å²) in [7, 11) is 2.70. The maximum Gasteiger partial charge on any atom is 0.500 e. The van der Waals surface area contributed by atoms with Crippen molar-refractivity contribution in [2.75, 3.05) is 34.5 Å². The number of hydrogen-bond donors (Lipinski definition) is 0. The fourth-order valence-electron chi connectivity index (χ4n) is 2.62. The Morgan fingerprint density at radius 3 is 1.42 bits per heavy atom. The summed E-state index contributed by atoms with van der Waals surface area (Å²) in [4.78, 5) is 10.2. The largest absolute Gasteiger partial charge is 0.500 e. The molecule has 0 saturated heterocycles. The van der Waals surface area contributed by atoms with Gasteiger partial charge in [-0.15, -0.1) is 0 Å². The molecule has 0 spiro atoms. The average Bonchev–Trinajstić information content (AvgIpc) is 2.62. The maximum absolute atomic E-state index is 5.43. The molecule has 0 aliphatic carbocycles. The first-order valence-electron chi connectivity index (χ1n) is 9.64. The van der Waals surface area contributed by atoms with Gasteiger partial charge >= 0.3 is 8.80 Å². The van der Waals surface area contributed by atoms with E-state index in [0.29, 0.717) is 0 Å². The van der Waals surface area contributed by atoms with Gasteiger partial charge in [0, 0.05) is 27.4 Å².